The van der Waals surface area contributed by atoms with Crippen LogP contribution in [0.25, 0.3) is 0 Å². The molecule has 0 radical (unpaired) electrons. The molecular weight excluding hydrogens is 490 g/mol. The van der Waals surface area contributed by atoms with Crippen molar-refractivity contribution in [2.45, 2.75) is 67.5 Å². The number of rotatable bonds is 10. The Labute approximate surface area is 224 Å². The zero-order valence-corrected chi connectivity index (χ0v) is 23.3. The highest BCUT2D eigenvalue weighted by Gasteiger charge is 2.19. The number of Topliss-reactive ketones (excluding diaryl/α,β-unsaturated/α-hetero) is 1. The molecule has 210 valence electrons. The van der Waals surface area contributed by atoms with Gasteiger partial charge in [0, 0.05) is 11.6 Å². The van der Waals surface area contributed by atoms with Crippen molar-refractivity contribution in [1.82, 2.24) is 26.4 Å². The molecule has 0 saturated heterocycles. The van der Waals surface area contributed by atoms with Crippen LogP contribution < -0.4 is 21.3 Å². The van der Waals surface area contributed by atoms with E-state index in [1.54, 1.807) is 43.3 Å². The molecule has 0 aliphatic carbocycles. The zero-order valence-electron chi connectivity index (χ0n) is 23.3. The third-order valence-electron chi connectivity index (χ3n) is 4.00. The molecule has 4 amide bonds. The molecule has 38 heavy (non-hydrogen) atoms. The predicted molar refractivity (Wildman–Crippen MR) is 144 cm³/mol. The highest BCUT2D eigenvalue weighted by Crippen LogP contribution is 2.00. The minimum absolute atomic E-state index is 0.0109. The van der Waals surface area contributed by atoms with Crippen LogP contribution in [0, 0.1) is 12.8 Å². The Morgan fingerprint density at radius 1 is 0.895 bits per heavy atom. The van der Waals surface area contributed by atoms with E-state index in [9.17, 15) is 24.0 Å². The first kappa shape index (κ1) is 34.0. The average molecular weight is 532 g/mol. The van der Waals surface area contributed by atoms with Crippen LogP contribution in [0.15, 0.2) is 40.9 Å². The Bertz CT molecular complexity index is 1020. The summed E-state index contributed by atoms with van der Waals surface area (Å²) < 4.78 is 4.85. The third-order valence-corrected chi connectivity index (χ3v) is 4.00. The van der Waals surface area contributed by atoms with E-state index in [0.717, 1.165) is 5.92 Å². The first-order valence-corrected chi connectivity index (χ1v) is 12.5. The molecule has 1 aromatic heterocycles. The van der Waals surface area contributed by atoms with Gasteiger partial charge in [-0.15, -0.1) is 0 Å². The molecule has 1 aromatic carbocycles. The predicted octanol–water partition coefficient (Wildman–Crippen LogP) is 2.30. The number of ketones is 1. The molecule has 11 heteroatoms. The van der Waals surface area contributed by atoms with Crippen molar-refractivity contribution in [3.8, 4) is 0 Å². The summed E-state index contributed by atoms with van der Waals surface area (Å²) >= 11 is 0. The Balaban J connectivity index is 0.00000175. The maximum absolute atomic E-state index is 12.0. The van der Waals surface area contributed by atoms with E-state index < -0.39 is 42.0 Å². The van der Waals surface area contributed by atoms with Gasteiger partial charge in [0.2, 0.25) is 17.6 Å². The molecule has 0 saturated carbocycles. The van der Waals surface area contributed by atoms with Crippen molar-refractivity contribution >= 4 is 29.4 Å². The van der Waals surface area contributed by atoms with Gasteiger partial charge >= 0.3 is 0 Å². The van der Waals surface area contributed by atoms with Crippen molar-refractivity contribution < 1.29 is 28.5 Å². The van der Waals surface area contributed by atoms with E-state index in [1.807, 2.05) is 0 Å². The van der Waals surface area contributed by atoms with E-state index in [1.165, 1.54) is 13.3 Å². The first-order valence-electron chi connectivity index (χ1n) is 12.5. The van der Waals surface area contributed by atoms with Gasteiger partial charge in [-0.1, -0.05) is 64.4 Å². The number of carbonyl (C=O) groups excluding carboxylic acids is 5. The van der Waals surface area contributed by atoms with Crippen molar-refractivity contribution in [3.63, 3.8) is 0 Å². The number of hydrogen-bond donors (Lipinski definition) is 4. The van der Waals surface area contributed by atoms with E-state index in [4.69, 9.17) is 4.52 Å². The molecule has 1 heterocycles. The molecule has 4 N–H and O–H groups in total. The SMILES string of the molecule is CC(C)C.CCC.Cc1cc(CNC(=O)C(=O)CNC(=O)C(C)NC(=O)CNC(=O)c2ccccc2)no1. The van der Waals surface area contributed by atoms with E-state index >= 15 is 0 Å². The minimum atomic E-state index is -0.977. The van der Waals surface area contributed by atoms with Crippen LogP contribution in [0.2, 0.25) is 0 Å². The van der Waals surface area contributed by atoms with Crippen LogP contribution in [0.1, 0.15) is 69.8 Å². The van der Waals surface area contributed by atoms with Crippen LogP contribution in [0.4, 0.5) is 0 Å². The Kier molecular flexibility index (Phi) is 17.1. The fourth-order valence-corrected chi connectivity index (χ4v) is 2.38. The molecule has 0 bridgehead atoms. The number of carbonyl (C=O) groups is 5. The molecule has 0 aliphatic heterocycles. The normalized spacial score (nSPS) is 10.5. The third kappa shape index (κ3) is 15.9. The van der Waals surface area contributed by atoms with E-state index in [2.05, 4.69) is 61.0 Å². The van der Waals surface area contributed by atoms with Crippen LogP contribution in [-0.4, -0.2) is 53.7 Å². The fourth-order valence-electron chi connectivity index (χ4n) is 2.38. The lowest BCUT2D eigenvalue weighted by molar-refractivity contribution is -0.138. The van der Waals surface area contributed by atoms with Crippen LogP contribution in [0.5, 0.6) is 0 Å². The summed E-state index contributed by atoms with van der Waals surface area (Å²) in [6, 6.07) is 8.98. The number of hydrogen-bond acceptors (Lipinski definition) is 7. The Morgan fingerprint density at radius 3 is 2.00 bits per heavy atom. The summed E-state index contributed by atoms with van der Waals surface area (Å²) in [5, 5.41) is 13.1. The van der Waals surface area contributed by atoms with Crippen LogP contribution >= 0.6 is 0 Å². The maximum Gasteiger partial charge on any atom is 0.289 e. The van der Waals surface area contributed by atoms with Gasteiger partial charge in [0.25, 0.3) is 11.8 Å². The molecular formula is C27H41N5O6. The van der Waals surface area contributed by atoms with E-state index in [-0.39, 0.29) is 13.1 Å². The minimum Gasteiger partial charge on any atom is -0.361 e. The monoisotopic (exact) mass is 531 g/mol. The molecule has 1 atom stereocenters. The van der Waals surface area contributed by atoms with Gasteiger partial charge in [-0.25, -0.2) is 0 Å². The highest BCUT2D eigenvalue weighted by molar-refractivity contribution is 6.37. The van der Waals surface area contributed by atoms with Crippen molar-refractivity contribution in [2.24, 2.45) is 5.92 Å². The van der Waals surface area contributed by atoms with Gasteiger partial charge in [-0.05, 0) is 31.9 Å². The highest BCUT2D eigenvalue weighted by atomic mass is 16.5. The molecule has 11 nitrogen and oxygen atoms in total. The zero-order chi connectivity index (χ0) is 29.1. The van der Waals surface area contributed by atoms with Crippen molar-refractivity contribution in [3.05, 3.63) is 53.4 Å². The van der Waals surface area contributed by atoms with Crippen LogP contribution in [-0.2, 0) is 25.7 Å². The summed E-state index contributed by atoms with van der Waals surface area (Å²) in [4.78, 5) is 59.4. The van der Waals surface area contributed by atoms with Gasteiger partial charge in [0.05, 0.1) is 19.6 Å². The molecule has 2 aromatic rings. The summed E-state index contributed by atoms with van der Waals surface area (Å²) in [6.07, 6.45) is 1.25. The molecule has 0 aliphatic rings. The topological polar surface area (TPSA) is 160 Å². The van der Waals surface area contributed by atoms with Gasteiger partial charge < -0.3 is 25.8 Å². The maximum atomic E-state index is 12.0. The first-order chi connectivity index (χ1) is 17.9. The number of amides is 4. The lowest BCUT2D eigenvalue weighted by Gasteiger charge is -2.14. The van der Waals surface area contributed by atoms with Gasteiger partial charge in [0.1, 0.15) is 17.5 Å². The average Bonchev–Trinajstić information content (AvgIpc) is 3.29. The number of benzene rings is 1. The Morgan fingerprint density at radius 2 is 1.47 bits per heavy atom. The standard InChI is InChI=1S/C20H23N5O6.C4H10.C3H8/c1-12-8-15(25-31-12)9-21-20(30)16(26)10-22-18(28)13(2)24-17(27)11-23-19(29)14-6-4-3-5-7-14;1-4(2)3;1-3-2/h3-8,13H,9-11H2,1-2H3,(H,21,30)(H,22,28)(H,23,29)(H,24,27);4H,1-3H3;3H2,1-2H3. The van der Waals surface area contributed by atoms with Crippen molar-refractivity contribution in [1.29, 1.82) is 0 Å². The van der Waals surface area contributed by atoms with Gasteiger partial charge in [-0.2, -0.15) is 0 Å². The summed E-state index contributed by atoms with van der Waals surface area (Å²) in [5.74, 6) is -2.01. The molecule has 2 rings (SSSR count). The lowest BCUT2D eigenvalue weighted by Crippen LogP contribution is -2.49. The number of nitrogens with one attached hydrogen (secondary N) is 4. The van der Waals surface area contributed by atoms with Gasteiger partial charge in [-0.3, -0.25) is 24.0 Å². The molecule has 0 spiro atoms. The Hall–Kier alpha value is -4.02. The summed E-state index contributed by atoms with van der Waals surface area (Å²) in [5.41, 5.74) is 0.856. The smallest absolute Gasteiger partial charge is 0.289 e. The number of nitrogens with zero attached hydrogens (tertiary/aromatic N) is 1. The van der Waals surface area contributed by atoms with Crippen molar-refractivity contribution in [2.75, 3.05) is 13.1 Å². The second-order valence-electron chi connectivity index (χ2n) is 9.03. The number of aryl methyl sites for hydroxylation is 1. The summed E-state index contributed by atoms with van der Waals surface area (Å²) in [7, 11) is 0. The lowest BCUT2D eigenvalue weighted by atomic mass is 10.2. The second kappa shape index (κ2) is 19.1. The van der Waals surface area contributed by atoms with E-state index in [0.29, 0.717) is 17.0 Å². The largest absolute Gasteiger partial charge is 0.361 e. The summed E-state index contributed by atoms with van der Waals surface area (Å²) in [6.45, 7) is 13.0. The van der Waals surface area contributed by atoms with Crippen LogP contribution in [0.3, 0.4) is 0 Å². The fraction of sp³-hybridized carbons (Fsp3) is 0.481. The quantitative estimate of drug-likeness (QED) is 0.342. The molecule has 1 unspecified atom stereocenters. The number of aromatic nitrogens is 1. The van der Waals surface area contributed by atoms with Gasteiger partial charge in [0.15, 0.2) is 0 Å². The second-order valence-corrected chi connectivity index (χ2v) is 9.03. The molecule has 0 fully saturated rings.